The van der Waals surface area contributed by atoms with Gasteiger partial charge < -0.3 is 14.5 Å². The zero-order valence-corrected chi connectivity index (χ0v) is 19.0. The lowest BCUT2D eigenvalue weighted by molar-refractivity contribution is -0.384. The van der Waals surface area contributed by atoms with Crippen LogP contribution >= 0.6 is 0 Å². The van der Waals surface area contributed by atoms with Crippen LogP contribution < -0.4 is 10.7 Å². The highest BCUT2D eigenvalue weighted by atomic mass is 16.6. The summed E-state index contributed by atoms with van der Waals surface area (Å²) in [6, 6.07) is 5.29. The van der Waals surface area contributed by atoms with Crippen LogP contribution in [0.4, 0.5) is 5.69 Å². The van der Waals surface area contributed by atoms with E-state index in [2.05, 4.69) is 20.7 Å². The molecule has 2 aliphatic rings. The number of benzene rings is 1. The minimum Gasteiger partial charge on any atom is -0.455 e. The second-order valence-electron chi connectivity index (χ2n) is 8.22. The van der Waals surface area contributed by atoms with E-state index in [4.69, 9.17) is 9.15 Å². The maximum atomic E-state index is 12.8. The first-order valence-electron chi connectivity index (χ1n) is 11.3. The molecule has 2 aromatic rings. The average Bonchev–Trinajstić information content (AvgIpc) is 3.20. The maximum absolute atomic E-state index is 12.8. The number of nitro groups is 1. The van der Waals surface area contributed by atoms with Gasteiger partial charge in [-0.3, -0.25) is 24.6 Å². The van der Waals surface area contributed by atoms with E-state index in [1.165, 1.54) is 24.3 Å². The van der Waals surface area contributed by atoms with Crippen LogP contribution in [0.3, 0.4) is 0 Å². The molecule has 0 spiro atoms. The van der Waals surface area contributed by atoms with Crippen molar-refractivity contribution in [2.45, 2.75) is 26.2 Å². The minimum atomic E-state index is -0.524. The number of ether oxygens (including phenoxy) is 1. The minimum absolute atomic E-state index is 0.0930. The average molecular weight is 469 g/mol. The van der Waals surface area contributed by atoms with Crippen LogP contribution in [0.1, 0.15) is 50.6 Å². The smallest absolute Gasteiger partial charge is 0.287 e. The summed E-state index contributed by atoms with van der Waals surface area (Å²) >= 11 is 0. The van der Waals surface area contributed by atoms with Crippen molar-refractivity contribution >= 4 is 23.2 Å². The molecule has 180 valence electrons. The van der Waals surface area contributed by atoms with E-state index in [0.717, 1.165) is 31.6 Å². The first kappa shape index (κ1) is 23.6. The summed E-state index contributed by atoms with van der Waals surface area (Å²) in [5.41, 5.74) is 4.78. The second-order valence-corrected chi connectivity index (χ2v) is 8.22. The zero-order chi connectivity index (χ0) is 24.1. The van der Waals surface area contributed by atoms with Gasteiger partial charge in [0.2, 0.25) is 0 Å². The van der Waals surface area contributed by atoms with E-state index in [9.17, 15) is 19.7 Å². The van der Waals surface area contributed by atoms with Gasteiger partial charge in [0.1, 0.15) is 5.76 Å². The van der Waals surface area contributed by atoms with Crippen LogP contribution in [0.5, 0.6) is 0 Å². The summed E-state index contributed by atoms with van der Waals surface area (Å²) in [5.74, 6) is 0.208. The van der Waals surface area contributed by atoms with Gasteiger partial charge in [-0.2, -0.15) is 5.10 Å². The second kappa shape index (κ2) is 10.6. The topological polar surface area (TPSA) is 139 Å². The lowest BCUT2D eigenvalue weighted by Gasteiger charge is -2.26. The fraction of sp³-hybridized carbons (Fsp3) is 0.435. The van der Waals surface area contributed by atoms with Crippen molar-refractivity contribution in [2.24, 2.45) is 5.10 Å². The Morgan fingerprint density at radius 2 is 1.88 bits per heavy atom. The van der Waals surface area contributed by atoms with E-state index in [1.807, 2.05) is 6.92 Å². The third kappa shape index (κ3) is 5.32. The summed E-state index contributed by atoms with van der Waals surface area (Å²) in [6.07, 6.45) is 2.10. The summed E-state index contributed by atoms with van der Waals surface area (Å²) in [7, 11) is 0. The molecule has 0 atom stereocenters. The molecule has 0 radical (unpaired) electrons. The molecule has 11 heteroatoms. The molecule has 11 nitrogen and oxygen atoms in total. The zero-order valence-electron chi connectivity index (χ0n) is 19.0. The molecular formula is C23H27N5O6. The quantitative estimate of drug-likeness (QED) is 0.467. The van der Waals surface area contributed by atoms with Crippen molar-refractivity contribution in [2.75, 3.05) is 39.4 Å². The number of non-ortho nitro benzene ring substituents is 1. The first-order chi connectivity index (χ1) is 16.4. The summed E-state index contributed by atoms with van der Waals surface area (Å²) in [6.45, 7) is 6.20. The lowest BCUT2D eigenvalue weighted by atomic mass is 9.93. The van der Waals surface area contributed by atoms with Crippen molar-refractivity contribution in [3.63, 3.8) is 0 Å². The van der Waals surface area contributed by atoms with Crippen molar-refractivity contribution in [3.8, 4) is 0 Å². The third-order valence-electron chi connectivity index (χ3n) is 5.98. The van der Waals surface area contributed by atoms with E-state index >= 15 is 0 Å². The van der Waals surface area contributed by atoms with Crippen molar-refractivity contribution in [3.05, 3.63) is 62.6 Å². The summed E-state index contributed by atoms with van der Waals surface area (Å²) in [4.78, 5) is 37.7. The van der Waals surface area contributed by atoms with E-state index in [0.29, 0.717) is 49.6 Å². The fourth-order valence-electron chi connectivity index (χ4n) is 4.15. The first-order valence-corrected chi connectivity index (χ1v) is 11.3. The molecule has 1 aliphatic heterocycles. The van der Waals surface area contributed by atoms with Crippen molar-refractivity contribution < 1.29 is 23.7 Å². The Balaban J connectivity index is 1.42. The Morgan fingerprint density at radius 3 is 2.59 bits per heavy atom. The van der Waals surface area contributed by atoms with Gasteiger partial charge in [-0.25, -0.2) is 5.43 Å². The van der Waals surface area contributed by atoms with Crippen LogP contribution in [-0.4, -0.2) is 66.7 Å². The maximum Gasteiger partial charge on any atom is 0.287 e. The number of carbonyl (C=O) groups excluding carboxylic acids is 2. The molecule has 0 saturated carbocycles. The van der Waals surface area contributed by atoms with Crippen molar-refractivity contribution in [1.82, 2.24) is 15.6 Å². The number of nitrogens with zero attached hydrogens (tertiary/aromatic N) is 3. The SMILES string of the molecule is Cc1c(C(=O)NCCN2CCOCC2)oc2c1/C(=N/NC(=O)c1ccc([N+](=O)[O-])cc1)CCC2. The predicted molar refractivity (Wildman–Crippen MR) is 123 cm³/mol. The Morgan fingerprint density at radius 1 is 1.15 bits per heavy atom. The van der Waals surface area contributed by atoms with Crippen LogP contribution in [0.25, 0.3) is 0 Å². The summed E-state index contributed by atoms with van der Waals surface area (Å²) in [5, 5.41) is 18.0. The van der Waals surface area contributed by atoms with Crippen LogP contribution in [0.15, 0.2) is 33.8 Å². The third-order valence-corrected chi connectivity index (χ3v) is 5.98. The molecule has 2 N–H and O–H groups in total. The van der Waals surface area contributed by atoms with E-state index in [1.54, 1.807) is 0 Å². The monoisotopic (exact) mass is 469 g/mol. The van der Waals surface area contributed by atoms with Gasteiger partial charge in [0, 0.05) is 61.4 Å². The standard InChI is InChI=1S/C23H27N5O6/c1-15-20-18(25-26-22(29)16-5-7-17(8-6-16)28(31)32)3-2-4-19(20)34-21(15)23(30)24-9-10-27-11-13-33-14-12-27/h5-8H,2-4,9-14H2,1H3,(H,24,30)(H,26,29)/b25-18+. The van der Waals surface area contributed by atoms with Gasteiger partial charge >= 0.3 is 0 Å². The number of fused-ring (bicyclic) bond motifs is 1. The number of aryl methyl sites for hydroxylation is 1. The van der Waals surface area contributed by atoms with Gasteiger partial charge in [-0.05, 0) is 31.9 Å². The number of morpholine rings is 1. The largest absolute Gasteiger partial charge is 0.455 e. The highest BCUT2D eigenvalue weighted by Gasteiger charge is 2.28. The number of amides is 2. The molecule has 1 aromatic carbocycles. The molecule has 2 amide bonds. The lowest BCUT2D eigenvalue weighted by Crippen LogP contribution is -2.41. The molecule has 4 rings (SSSR count). The van der Waals surface area contributed by atoms with Crippen LogP contribution in [-0.2, 0) is 11.2 Å². The normalized spacial score (nSPS) is 17.3. The molecule has 34 heavy (non-hydrogen) atoms. The molecule has 1 aliphatic carbocycles. The fourth-order valence-corrected chi connectivity index (χ4v) is 4.15. The summed E-state index contributed by atoms with van der Waals surface area (Å²) < 4.78 is 11.2. The molecule has 0 unspecified atom stereocenters. The Labute approximate surface area is 196 Å². The number of carbonyl (C=O) groups is 2. The number of furan rings is 1. The molecule has 2 heterocycles. The van der Waals surface area contributed by atoms with Gasteiger partial charge in [0.25, 0.3) is 17.5 Å². The van der Waals surface area contributed by atoms with Gasteiger partial charge in [-0.15, -0.1) is 0 Å². The number of hydrazone groups is 1. The highest BCUT2D eigenvalue weighted by molar-refractivity contribution is 6.07. The molecular weight excluding hydrogens is 442 g/mol. The number of rotatable bonds is 7. The van der Waals surface area contributed by atoms with Crippen LogP contribution in [0.2, 0.25) is 0 Å². The van der Waals surface area contributed by atoms with Crippen molar-refractivity contribution in [1.29, 1.82) is 0 Å². The predicted octanol–water partition coefficient (Wildman–Crippen LogP) is 2.03. The number of hydrogen-bond acceptors (Lipinski definition) is 8. The van der Waals surface area contributed by atoms with Gasteiger partial charge in [0.15, 0.2) is 5.76 Å². The Kier molecular flexibility index (Phi) is 7.33. The van der Waals surface area contributed by atoms with Gasteiger partial charge in [0.05, 0.1) is 23.8 Å². The highest BCUT2D eigenvalue weighted by Crippen LogP contribution is 2.29. The van der Waals surface area contributed by atoms with E-state index < -0.39 is 10.8 Å². The number of hydrogen-bond donors (Lipinski definition) is 2. The van der Waals surface area contributed by atoms with E-state index in [-0.39, 0.29) is 22.9 Å². The molecule has 1 saturated heterocycles. The molecule has 1 aromatic heterocycles. The van der Waals surface area contributed by atoms with Gasteiger partial charge in [-0.1, -0.05) is 0 Å². The molecule has 1 fully saturated rings. The molecule has 0 bridgehead atoms. The number of nitro benzene ring substituents is 1. The van der Waals surface area contributed by atoms with Crippen LogP contribution in [0, 0.1) is 17.0 Å². The Hall–Kier alpha value is -3.57. The number of nitrogens with one attached hydrogen (secondary N) is 2. The Bertz CT molecular complexity index is 1100.